The van der Waals surface area contributed by atoms with E-state index < -0.39 is 23.1 Å². The van der Waals surface area contributed by atoms with Crippen LogP contribution in [0, 0.1) is 5.82 Å². The summed E-state index contributed by atoms with van der Waals surface area (Å²) in [7, 11) is 0. The summed E-state index contributed by atoms with van der Waals surface area (Å²) in [6.07, 6.45) is 0.519. The van der Waals surface area contributed by atoms with Crippen molar-refractivity contribution >= 4 is 17.6 Å². The summed E-state index contributed by atoms with van der Waals surface area (Å²) < 4.78 is 13.2. The van der Waals surface area contributed by atoms with E-state index in [-0.39, 0.29) is 12.4 Å². The maximum atomic E-state index is 12.7. The number of carbonyl (C=O) groups excluding carboxylic acids is 1. The van der Waals surface area contributed by atoms with Crippen molar-refractivity contribution in [3.63, 3.8) is 0 Å². The average Bonchev–Trinajstić information content (AvgIpc) is 2.20. The Balaban J connectivity index is 3.05. The first-order valence-electron chi connectivity index (χ1n) is 3.92. The third-order valence-electron chi connectivity index (χ3n) is 1.49. The van der Waals surface area contributed by atoms with Gasteiger partial charge in [-0.3, -0.25) is 9.78 Å². The lowest BCUT2D eigenvalue weighted by Crippen LogP contribution is -2.41. The molecule has 1 amide bonds. The van der Waals surface area contributed by atoms with Gasteiger partial charge >= 0.3 is 11.7 Å². The van der Waals surface area contributed by atoms with E-state index in [0.29, 0.717) is 10.8 Å². The molecule has 0 atom stereocenters. The summed E-state index contributed by atoms with van der Waals surface area (Å²) in [5, 5.41) is 2.24. The van der Waals surface area contributed by atoms with Crippen molar-refractivity contribution in [2.75, 3.05) is 12.4 Å². The van der Waals surface area contributed by atoms with Gasteiger partial charge in [-0.05, 0) is 0 Å². The topological polar surface area (TPSA) is 84.0 Å². The summed E-state index contributed by atoms with van der Waals surface area (Å²) >= 11 is 5.30. The monoisotopic (exact) mass is 235 g/mol. The highest BCUT2D eigenvalue weighted by atomic mass is 35.5. The molecule has 0 spiro atoms. The molecule has 0 saturated carbocycles. The molecule has 0 fully saturated rings. The minimum atomic E-state index is -1.21. The Labute approximate surface area is 87.7 Å². The molecule has 82 valence electrons. The lowest BCUT2D eigenvalue weighted by atomic mass is 10.6. The number of nitrogens with one attached hydrogen (secondary N) is 2. The highest BCUT2D eigenvalue weighted by molar-refractivity contribution is 6.18. The number of hydrogen-bond donors (Lipinski definition) is 2. The number of alkyl halides is 1. The Hall–Kier alpha value is -1.63. The van der Waals surface area contributed by atoms with Gasteiger partial charge in [0.2, 0.25) is 5.82 Å². The third-order valence-corrected chi connectivity index (χ3v) is 1.68. The van der Waals surface area contributed by atoms with Gasteiger partial charge in [0.25, 0.3) is 5.56 Å². The quantitative estimate of drug-likeness (QED) is 0.676. The number of hydrogen-bond acceptors (Lipinski definition) is 3. The van der Waals surface area contributed by atoms with Gasteiger partial charge in [0.05, 0.1) is 6.20 Å². The van der Waals surface area contributed by atoms with Crippen molar-refractivity contribution in [2.45, 2.75) is 0 Å². The molecule has 0 bridgehead atoms. The second-order valence-electron chi connectivity index (χ2n) is 2.53. The Morgan fingerprint density at radius 3 is 2.87 bits per heavy atom. The molecule has 2 N–H and O–H groups in total. The maximum Gasteiger partial charge on any atom is 0.336 e. The summed E-state index contributed by atoms with van der Waals surface area (Å²) in [5.41, 5.74) is -2.17. The van der Waals surface area contributed by atoms with Gasteiger partial charge < -0.3 is 5.32 Å². The first-order valence-corrected chi connectivity index (χ1v) is 4.45. The third kappa shape index (κ3) is 2.66. The van der Waals surface area contributed by atoms with E-state index >= 15 is 0 Å². The van der Waals surface area contributed by atoms with E-state index in [2.05, 4.69) is 5.32 Å². The second-order valence-corrected chi connectivity index (χ2v) is 2.91. The zero-order chi connectivity index (χ0) is 11.4. The van der Waals surface area contributed by atoms with Gasteiger partial charge in [-0.2, -0.15) is 4.39 Å². The molecule has 0 saturated heterocycles. The van der Waals surface area contributed by atoms with Gasteiger partial charge in [-0.15, -0.1) is 11.6 Å². The average molecular weight is 236 g/mol. The molecule has 15 heavy (non-hydrogen) atoms. The van der Waals surface area contributed by atoms with Crippen LogP contribution in [0.3, 0.4) is 0 Å². The molecule has 0 radical (unpaired) electrons. The molecule has 0 unspecified atom stereocenters. The largest absolute Gasteiger partial charge is 0.336 e. The normalized spacial score (nSPS) is 10.0. The van der Waals surface area contributed by atoms with Gasteiger partial charge in [0, 0.05) is 12.4 Å². The molecule has 0 aliphatic rings. The van der Waals surface area contributed by atoms with E-state index in [4.69, 9.17) is 11.6 Å². The second kappa shape index (κ2) is 4.74. The molecule has 0 aliphatic heterocycles. The van der Waals surface area contributed by atoms with Crippen LogP contribution in [0.1, 0.15) is 0 Å². The molecule has 1 heterocycles. The molecular formula is C7H7ClFN3O3. The fourth-order valence-corrected chi connectivity index (χ4v) is 0.932. The molecule has 1 aromatic heterocycles. The molecule has 1 aromatic rings. The van der Waals surface area contributed by atoms with Crippen LogP contribution in [-0.2, 0) is 0 Å². The molecule has 1 rings (SSSR count). The predicted octanol–water partition coefficient (Wildman–Crippen LogP) is -0.528. The number of halogens is 2. The van der Waals surface area contributed by atoms with Gasteiger partial charge in [-0.25, -0.2) is 14.2 Å². The van der Waals surface area contributed by atoms with Crippen LogP contribution < -0.4 is 16.6 Å². The lowest BCUT2D eigenvalue weighted by molar-refractivity contribution is 0.241. The number of rotatable bonds is 2. The highest BCUT2D eigenvalue weighted by Crippen LogP contribution is 1.84. The van der Waals surface area contributed by atoms with Crippen molar-refractivity contribution in [3.8, 4) is 0 Å². The van der Waals surface area contributed by atoms with Gasteiger partial charge in [-0.1, -0.05) is 0 Å². The van der Waals surface area contributed by atoms with Crippen LogP contribution in [0.25, 0.3) is 0 Å². The van der Waals surface area contributed by atoms with E-state index in [1.807, 2.05) is 0 Å². The number of H-pyrrole nitrogens is 1. The van der Waals surface area contributed by atoms with Crippen molar-refractivity contribution < 1.29 is 9.18 Å². The van der Waals surface area contributed by atoms with Gasteiger partial charge in [0.1, 0.15) is 0 Å². The Morgan fingerprint density at radius 1 is 1.60 bits per heavy atom. The fraction of sp³-hybridized carbons (Fsp3) is 0.286. The molecular weight excluding hydrogens is 229 g/mol. The maximum absolute atomic E-state index is 12.7. The van der Waals surface area contributed by atoms with Crippen molar-refractivity contribution in [2.24, 2.45) is 0 Å². The highest BCUT2D eigenvalue weighted by Gasteiger charge is 2.09. The van der Waals surface area contributed by atoms with Crippen LogP contribution >= 0.6 is 11.6 Å². The first kappa shape index (κ1) is 11.4. The van der Waals surface area contributed by atoms with E-state index in [1.54, 1.807) is 4.98 Å². The van der Waals surface area contributed by atoms with Crippen molar-refractivity contribution in [1.82, 2.24) is 14.9 Å². The van der Waals surface area contributed by atoms with Gasteiger partial charge in [0.15, 0.2) is 0 Å². The minimum absolute atomic E-state index is 0.133. The van der Waals surface area contributed by atoms with Crippen LogP contribution in [0.15, 0.2) is 15.8 Å². The van der Waals surface area contributed by atoms with Crippen molar-refractivity contribution in [3.05, 3.63) is 32.9 Å². The number of carbonyl (C=O) groups is 1. The zero-order valence-electron chi connectivity index (χ0n) is 7.42. The smallest absolute Gasteiger partial charge is 0.336 e. The van der Waals surface area contributed by atoms with Crippen LogP contribution in [0.5, 0.6) is 0 Å². The van der Waals surface area contributed by atoms with Crippen LogP contribution in [0.4, 0.5) is 9.18 Å². The number of nitrogens with zero attached hydrogens (tertiary/aromatic N) is 1. The Morgan fingerprint density at radius 2 is 2.27 bits per heavy atom. The molecule has 6 nitrogen and oxygen atoms in total. The van der Waals surface area contributed by atoms with Crippen molar-refractivity contribution in [1.29, 1.82) is 0 Å². The van der Waals surface area contributed by atoms with Crippen LogP contribution in [0.2, 0.25) is 0 Å². The van der Waals surface area contributed by atoms with E-state index in [0.717, 1.165) is 0 Å². The number of aromatic amines is 1. The molecule has 8 heteroatoms. The Bertz CT molecular complexity index is 481. The number of aromatic nitrogens is 2. The number of amides is 1. The summed E-state index contributed by atoms with van der Waals surface area (Å²) in [4.78, 5) is 34.5. The summed E-state index contributed by atoms with van der Waals surface area (Å²) in [6, 6.07) is -0.851. The van der Waals surface area contributed by atoms with E-state index in [9.17, 15) is 18.8 Å². The Kier molecular flexibility index (Phi) is 3.62. The predicted molar refractivity (Wildman–Crippen MR) is 50.8 cm³/mol. The minimum Gasteiger partial charge on any atom is -0.336 e. The molecule has 0 aliphatic carbocycles. The lowest BCUT2D eigenvalue weighted by Gasteiger charge is -2.04. The SMILES string of the molecule is O=C(NCCCl)n1cc(F)c(=O)[nH]c1=O. The van der Waals surface area contributed by atoms with Crippen LogP contribution in [-0.4, -0.2) is 28.0 Å². The van der Waals surface area contributed by atoms with E-state index in [1.165, 1.54) is 0 Å². The summed E-state index contributed by atoms with van der Waals surface area (Å²) in [5.74, 6) is -1.05. The summed E-state index contributed by atoms with van der Waals surface area (Å²) in [6.45, 7) is 0.133. The fourth-order valence-electron chi connectivity index (χ4n) is 0.838. The zero-order valence-corrected chi connectivity index (χ0v) is 8.18. The standard InChI is InChI=1S/C7H7ClFN3O3/c8-1-2-10-6(14)12-3-4(9)5(13)11-7(12)15/h3H,1-2H2,(H,10,14)(H,11,13,15). The molecule has 0 aromatic carbocycles. The first-order chi connectivity index (χ1) is 7.06.